The van der Waals surface area contributed by atoms with Crippen LogP contribution in [0, 0.1) is 5.92 Å². The van der Waals surface area contributed by atoms with Gasteiger partial charge in [-0.15, -0.1) is 0 Å². The molecule has 1 atom stereocenters. The molecule has 0 radical (unpaired) electrons. The first kappa shape index (κ1) is 10.6. The summed E-state index contributed by atoms with van der Waals surface area (Å²) in [5.41, 5.74) is 7.42. The van der Waals surface area contributed by atoms with Crippen molar-refractivity contribution < 1.29 is 4.74 Å². The van der Waals surface area contributed by atoms with Crippen LogP contribution in [0.25, 0.3) is 0 Å². The first-order chi connectivity index (χ1) is 7.58. The molecule has 2 nitrogen and oxygen atoms in total. The van der Waals surface area contributed by atoms with Crippen LogP contribution < -0.4 is 10.5 Å². The Hall–Kier alpha value is -0.540. The molecule has 2 aliphatic rings. The van der Waals surface area contributed by atoms with E-state index < -0.39 is 0 Å². The number of hydrogen-bond donors (Lipinski definition) is 1. The van der Waals surface area contributed by atoms with Crippen molar-refractivity contribution in [1.82, 2.24) is 0 Å². The van der Waals surface area contributed by atoms with E-state index in [2.05, 4.69) is 28.9 Å². The quantitative estimate of drug-likeness (QED) is 0.791. The molecule has 0 aromatic heterocycles. The summed E-state index contributed by atoms with van der Waals surface area (Å²) in [5.74, 6) is 1.76. The third-order valence-electron chi connectivity index (χ3n) is 3.73. The molecule has 16 heavy (non-hydrogen) atoms. The lowest BCUT2D eigenvalue weighted by atomic mass is 9.67. The van der Waals surface area contributed by atoms with E-state index in [4.69, 9.17) is 10.5 Å². The summed E-state index contributed by atoms with van der Waals surface area (Å²) in [6.45, 7) is 2.28. The summed E-state index contributed by atoms with van der Waals surface area (Å²) < 4.78 is 7.22. The van der Waals surface area contributed by atoms with Crippen molar-refractivity contribution in [3.05, 3.63) is 28.2 Å². The van der Waals surface area contributed by atoms with Gasteiger partial charge in [0.25, 0.3) is 0 Å². The summed E-state index contributed by atoms with van der Waals surface area (Å²) in [7, 11) is 0. The van der Waals surface area contributed by atoms with Gasteiger partial charge in [-0.3, -0.25) is 0 Å². The van der Waals surface area contributed by atoms with Crippen molar-refractivity contribution in [2.24, 2.45) is 11.7 Å². The van der Waals surface area contributed by atoms with Gasteiger partial charge >= 0.3 is 0 Å². The van der Waals surface area contributed by atoms with Crippen molar-refractivity contribution >= 4 is 15.9 Å². The van der Waals surface area contributed by atoms with E-state index in [9.17, 15) is 0 Å². The van der Waals surface area contributed by atoms with Crippen molar-refractivity contribution in [3.8, 4) is 5.75 Å². The summed E-state index contributed by atoms with van der Waals surface area (Å²) in [4.78, 5) is 0. The zero-order valence-electron chi connectivity index (χ0n) is 9.37. The first-order valence-electron chi connectivity index (χ1n) is 5.82. The molecule has 1 heterocycles. The molecule has 1 aliphatic heterocycles. The van der Waals surface area contributed by atoms with E-state index in [0.29, 0.717) is 0 Å². The molecule has 0 bridgehead atoms. The van der Waals surface area contributed by atoms with Crippen LogP contribution in [-0.2, 0) is 0 Å². The molecule has 1 fully saturated rings. The maximum absolute atomic E-state index is 6.24. The second kappa shape index (κ2) is 3.47. The van der Waals surface area contributed by atoms with Gasteiger partial charge in [0.05, 0.1) is 0 Å². The Kier molecular flexibility index (Phi) is 2.30. The Balaban J connectivity index is 1.94. The molecule has 0 saturated heterocycles. The predicted octanol–water partition coefficient (Wildman–Crippen LogP) is 3.40. The number of hydrogen-bond acceptors (Lipinski definition) is 2. The number of ether oxygens (including phenoxy) is 1. The van der Waals surface area contributed by atoms with Gasteiger partial charge in [-0.05, 0) is 37.0 Å². The highest BCUT2D eigenvalue weighted by atomic mass is 79.9. The van der Waals surface area contributed by atoms with Crippen LogP contribution in [-0.4, -0.2) is 5.60 Å². The Morgan fingerprint density at radius 3 is 2.81 bits per heavy atom. The first-order valence-corrected chi connectivity index (χ1v) is 6.61. The Morgan fingerprint density at radius 1 is 1.38 bits per heavy atom. The fraction of sp³-hybridized carbons (Fsp3) is 0.538. The molecular weight excluding hydrogens is 266 g/mol. The topological polar surface area (TPSA) is 35.2 Å². The highest BCUT2D eigenvalue weighted by molar-refractivity contribution is 9.10. The van der Waals surface area contributed by atoms with Gasteiger partial charge in [0, 0.05) is 22.5 Å². The molecule has 0 amide bonds. The molecule has 0 unspecified atom stereocenters. The molecule has 1 aliphatic carbocycles. The number of nitrogens with two attached hydrogens (primary N) is 1. The van der Waals surface area contributed by atoms with Crippen LogP contribution in [0.15, 0.2) is 22.7 Å². The lowest BCUT2D eigenvalue weighted by Crippen LogP contribution is -2.52. The van der Waals surface area contributed by atoms with Gasteiger partial charge in [0.15, 0.2) is 0 Å². The SMILES string of the molecule is CC1CC2(C1)C[C@@H](N)c1cc(Br)ccc1O2. The number of benzene rings is 1. The zero-order valence-corrected chi connectivity index (χ0v) is 11.0. The fourth-order valence-electron chi connectivity index (χ4n) is 3.15. The summed E-state index contributed by atoms with van der Waals surface area (Å²) in [6.07, 6.45) is 3.26. The van der Waals surface area contributed by atoms with Crippen molar-refractivity contribution in [3.63, 3.8) is 0 Å². The summed E-state index contributed by atoms with van der Waals surface area (Å²) in [5, 5.41) is 0. The minimum absolute atomic E-state index is 0.0413. The Labute approximate surface area is 104 Å². The molecule has 1 aromatic carbocycles. The molecule has 3 heteroatoms. The van der Waals surface area contributed by atoms with E-state index in [1.54, 1.807) is 0 Å². The Morgan fingerprint density at radius 2 is 2.12 bits per heavy atom. The molecule has 2 N–H and O–H groups in total. The van der Waals surface area contributed by atoms with E-state index in [-0.39, 0.29) is 11.6 Å². The number of fused-ring (bicyclic) bond motifs is 1. The molecule has 3 rings (SSSR count). The second-order valence-electron chi connectivity index (χ2n) is 5.29. The molecule has 1 spiro atoms. The molecule has 1 aromatic rings. The van der Waals surface area contributed by atoms with Crippen molar-refractivity contribution in [2.75, 3.05) is 0 Å². The van der Waals surface area contributed by atoms with Crippen LogP contribution in [0.3, 0.4) is 0 Å². The largest absolute Gasteiger partial charge is 0.487 e. The maximum Gasteiger partial charge on any atom is 0.124 e. The third kappa shape index (κ3) is 1.57. The standard InChI is InChI=1S/C13H16BrNO/c1-8-5-13(6-8)7-11(15)10-4-9(14)2-3-12(10)16-13/h2-4,8,11H,5-7,15H2,1H3/t8?,11-,13?/m1/s1. The minimum Gasteiger partial charge on any atom is -0.487 e. The average molecular weight is 282 g/mol. The van der Waals surface area contributed by atoms with Crippen molar-refractivity contribution in [2.45, 2.75) is 37.8 Å². The highest BCUT2D eigenvalue weighted by Crippen LogP contribution is 2.50. The van der Waals surface area contributed by atoms with E-state index >= 15 is 0 Å². The summed E-state index contributed by atoms with van der Waals surface area (Å²) in [6, 6.07) is 6.25. The summed E-state index contributed by atoms with van der Waals surface area (Å²) >= 11 is 3.48. The molecule has 1 saturated carbocycles. The number of halogens is 1. The van der Waals surface area contributed by atoms with Crippen LogP contribution in [0.5, 0.6) is 5.75 Å². The lowest BCUT2D eigenvalue weighted by Gasteiger charge is -2.50. The normalized spacial score (nSPS) is 36.4. The maximum atomic E-state index is 6.24. The average Bonchev–Trinajstić information content (AvgIpc) is 2.17. The van der Waals surface area contributed by atoms with Crippen LogP contribution >= 0.6 is 15.9 Å². The van der Waals surface area contributed by atoms with E-state index in [1.807, 2.05) is 12.1 Å². The smallest absolute Gasteiger partial charge is 0.124 e. The van der Waals surface area contributed by atoms with Crippen LogP contribution in [0.2, 0.25) is 0 Å². The molecule has 86 valence electrons. The van der Waals surface area contributed by atoms with Crippen LogP contribution in [0.4, 0.5) is 0 Å². The van der Waals surface area contributed by atoms with E-state index in [0.717, 1.165) is 41.0 Å². The molecular formula is C13H16BrNO. The van der Waals surface area contributed by atoms with Gasteiger partial charge in [0.2, 0.25) is 0 Å². The van der Waals surface area contributed by atoms with Gasteiger partial charge in [-0.2, -0.15) is 0 Å². The lowest BCUT2D eigenvalue weighted by molar-refractivity contribution is -0.0657. The monoisotopic (exact) mass is 281 g/mol. The predicted molar refractivity (Wildman–Crippen MR) is 67.4 cm³/mol. The van der Waals surface area contributed by atoms with Gasteiger partial charge in [0.1, 0.15) is 11.4 Å². The van der Waals surface area contributed by atoms with Crippen LogP contribution in [0.1, 0.15) is 37.8 Å². The van der Waals surface area contributed by atoms with Gasteiger partial charge in [-0.1, -0.05) is 22.9 Å². The highest BCUT2D eigenvalue weighted by Gasteiger charge is 2.48. The number of rotatable bonds is 0. The second-order valence-corrected chi connectivity index (χ2v) is 6.21. The van der Waals surface area contributed by atoms with Crippen molar-refractivity contribution in [1.29, 1.82) is 0 Å². The Bertz CT molecular complexity index is 426. The van der Waals surface area contributed by atoms with Gasteiger partial charge in [-0.25, -0.2) is 0 Å². The minimum atomic E-state index is 0.0413. The van der Waals surface area contributed by atoms with E-state index in [1.165, 1.54) is 0 Å². The fourth-order valence-corrected chi connectivity index (χ4v) is 3.53. The third-order valence-corrected chi connectivity index (χ3v) is 4.22. The zero-order chi connectivity index (χ0) is 11.3. The van der Waals surface area contributed by atoms with Gasteiger partial charge < -0.3 is 10.5 Å².